The van der Waals surface area contributed by atoms with Crippen molar-refractivity contribution in [2.75, 3.05) is 45.6 Å². The summed E-state index contributed by atoms with van der Waals surface area (Å²) in [5.74, 6) is 0.717. The fourth-order valence-corrected chi connectivity index (χ4v) is 3.03. The Labute approximate surface area is 166 Å². The first-order chi connectivity index (χ1) is 13.6. The lowest BCUT2D eigenvalue weighted by Crippen LogP contribution is -2.41. The van der Waals surface area contributed by atoms with Gasteiger partial charge in [-0.3, -0.25) is 5.10 Å². The molecule has 7 nitrogen and oxygen atoms in total. The Morgan fingerprint density at radius 3 is 2.50 bits per heavy atom. The molecule has 1 aliphatic rings. The number of aryl methyl sites for hydroxylation is 1. The molecule has 0 radical (unpaired) electrons. The van der Waals surface area contributed by atoms with Crippen molar-refractivity contribution >= 4 is 17.0 Å². The minimum Gasteiger partial charge on any atom is -0.375 e. The summed E-state index contributed by atoms with van der Waals surface area (Å²) < 4.78 is 0. The first-order valence-electron chi connectivity index (χ1n) is 9.68. The summed E-state index contributed by atoms with van der Waals surface area (Å²) in [7, 11) is 3.97. The van der Waals surface area contributed by atoms with Gasteiger partial charge in [0.15, 0.2) is 17.0 Å². The molecule has 2 aromatic heterocycles. The lowest BCUT2D eigenvalue weighted by molar-refractivity contribution is 0.199. The monoisotopic (exact) mass is 379 g/mol. The molecule has 148 valence electrons. The number of benzene rings is 1. The maximum Gasteiger partial charge on any atom is 0.176 e. The van der Waals surface area contributed by atoms with E-state index in [0.29, 0.717) is 5.65 Å². The zero-order chi connectivity index (χ0) is 19.9. The van der Waals surface area contributed by atoms with Crippen molar-refractivity contribution in [3.8, 4) is 11.3 Å². The Hall–Kier alpha value is -2.93. The van der Waals surface area contributed by atoms with Gasteiger partial charge in [-0.25, -0.2) is 9.97 Å². The number of fused-ring (bicyclic) bond motifs is 1. The molecule has 3 heterocycles. The van der Waals surface area contributed by atoms with Crippen LogP contribution in [0.15, 0.2) is 43.2 Å². The first-order valence-corrected chi connectivity index (χ1v) is 9.68. The van der Waals surface area contributed by atoms with Gasteiger partial charge in [-0.05, 0) is 25.2 Å². The molecule has 4 rings (SSSR count). The Morgan fingerprint density at radius 1 is 1.18 bits per heavy atom. The van der Waals surface area contributed by atoms with E-state index in [-0.39, 0.29) is 0 Å². The summed E-state index contributed by atoms with van der Waals surface area (Å²) in [6, 6.07) is 8.40. The van der Waals surface area contributed by atoms with Gasteiger partial charge in [0.1, 0.15) is 0 Å². The molecule has 1 saturated heterocycles. The molecule has 1 aromatic carbocycles. The van der Waals surface area contributed by atoms with Crippen molar-refractivity contribution < 1.29 is 0 Å². The van der Waals surface area contributed by atoms with Crippen LogP contribution >= 0.6 is 0 Å². The smallest absolute Gasteiger partial charge is 0.176 e. The summed E-state index contributed by atoms with van der Waals surface area (Å²) in [5, 5.41) is 9.97. The normalized spacial score (nSPS) is 14.5. The molecule has 0 aliphatic carbocycles. The lowest BCUT2D eigenvalue weighted by Gasteiger charge is -2.31. The minimum atomic E-state index is 0.693. The van der Waals surface area contributed by atoms with E-state index < -0.39 is 0 Å². The topological polar surface area (TPSA) is 73.0 Å². The molecule has 0 bridgehead atoms. The van der Waals surface area contributed by atoms with Gasteiger partial charge in [-0.1, -0.05) is 37.8 Å². The maximum atomic E-state index is 4.61. The fourth-order valence-electron chi connectivity index (χ4n) is 3.03. The molecule has 1 aliphatic heterocycles. The Bertz CT molecular complexity index is 893. The third-order valence-corrected chi connectivity index (χ3v) is 4.96. The van der Waals surface area contributed by atoms with Gasteiger partial charge in [0, 0.05) is 38.8 Å². The van der Waals surface area contributed by atoms with E-state index in [4.69, 9.17) is 0 Å². The number of H-pyrrole nitrogens is 1. The molecule has 0 saturated carbocycles. The average Bonchev–Trinajstić information content (AvgIpc) is 3.17. The van der Waals surface area contributed by atoms with Crippen LogP contribution in [0.5, 0.6) is 0 Å². The van der Waals surface area contributed by atoms with Crippen LogP contribution in [-0.2, 0) is 6.42 Å². The maximum absolute atomic E-state index is 4.61. The van der Waals surface area contributed by atoms with Crippen molar-refractivity contribution in [3.05, 3.63) is 48.8 Å². The summed E-state index contributed by atoms with van der Waals surface area (Å²) in [6.07, 6.45) is 4.73. The van der Waals surface area contributed by atoms with Gasteiger partial charge in [-0.15, -0.1) is 0 Å². The quantitative estimate of drug-likeness (QED) is 0.726. The number of piperazine rings is 1. The predicted octanol–water partition coefficient (Wildman–Crippen LogP) is 3.00. The second-order valence-electron chi connectivity index (χ2n) is 6.85. The average molecular weight is 380 g/mol. The summed E-state index contributed by atoms with van der Waals surface area (Å²) in [6.45, 7) is 10.5. The van der Waals surface area contributed by atoms with Crippen LogP contribution in [0, 0.1) is 0 Å². The Morgan fingerprint density at radius 2 is 1.89 bits per heavy atom. The molecular formula is C21H29N7. The van der Waals surface area contributed by atoms with Crippen LogP contribution in [0.3, 0.4) is 0 Å². The van der Waals surface area contributed by atoms with Crippen LogP contribution in [0.1, 0.15) is 12.5 Å². The zero-order valence-electron chi connectivity index (χ0n) is 16.9. The number of nitrogens with zero attached hydrogens (tertiary/aromatic N) is 5. The first kappa shape index (κ1) is 19.8. The largest absolute Gasteiger partial charge is 0.375 e. The van der Waals surface area contributed by atoms with E-state index in [2.05, 4.69) is 80.1 Å². The highest BCUT2D eigenvalue weighted by Crippen LogP contribution is 2.22. The third kappa shape index (κ3) is 4.67. The van der Waals surface area contributed by atoms with E-state index in [1.165, 1.54) is 18.7 Å². The van der Waals surface area contributed by atoms with Crippen LogP contribution in [0.2, 0.25) is 0 Å². The van der Waals surface area contributed by atoms with Gasteiger partial charge in [0.05, 0.1) is 11.9 Å². The molecule has 0 spiro atoms. The molecule has 7 heteroatoms. The standard InChI is InChI=1S/C14H15N5.C7H14N2/c1-3-9-4-6-10(7-5-9)11-8-16-14-12(17-11)13(15-2)18-19-14;1-3-9-6-4-8(2)5-7-9/h4-8H,3H2,1-2H3,(H2,15,16,18,19);3H,1,4-7H2,2H3. The lowest BCUT2D eigenvalue weighted by atomic mass is 10.1. The number of rotatable bonds is 4. The molecule has 0 amide bonds. The predicted molar refractivity (Wildman–Crippen MR) is 115 cm³/mol. The van der Waals surface area contributed by atoms with E-state index in [0.717, 1.165) is 42.1 Å². The zero-order valence-corrected chi connectivity index (χ0v) is 16.9. The van der Waals surface area contributed by atoms with E-state index >= 15 is 0 Å². The number of anilines is 1. The molecule has 0 unspecified atom stereocenters. The molecule has 3 aromatic rings. The Kier molecular flexibility index (Phi) is 6.60. The number of likely N-dealkylation sites (N-methyl/N-ethyl adjacent to an activating group) is 1. The van der Waals surface area contributed by atoms with E-state index in [9.17, 15) is 0 Å². The molecular weight excluding hydrogens is 350 g/mol. The van der Waals surface area contributed by atoms with Gasteiger partial charge in [-0.2, -0.15) is 5.10 Å². The highest BCUT2D eigenvalue weighted by atomic mass is 15.2. The van der Waals surface area contributed by atoms with Crippen molar-refractivity contribution in [2.45, 2.75) is 13.3 Å². The molecule has 1 fully saturated rings. The highest BCUT2D eigenvalue weighted by Gasteiger charge is 2.09. The van der Waals surface area contributed by atoms with Gasteiger partial charge in [0.2, 0.25) is 0 Å². The second-order valence-corrected chi connectivity index (χ2v) is 6.85. The summed E-state index contributed by atoms with van der Waals surface area (Å²) in [5.41, 5.74) is 4.69. The van der Waals surface area contributed by atoms with Crippen molar-refractivity contribution in [1.29, 1.82) is 0 Å². The molecule has 2 N–H and O–H groups in total. The van der Waals surface area contributed by atoms with Crippen LogP contribution in [0.4, 0.5) is 5.82 Å². The van der Waals surface area contributed by atoms with E-state index in [1.54, 1.807) is 6.20 Å². The second kappa shape index (κ2) is 9.32. The van der Waals surface area contributed by atoms with Crippen molar-refractivity contribution in [3.63, 3.8) is 0 Å². The van der Waals surface area contributed by atoms with Crippen LogP contribution in [0.25, 0.3) is 22.4 Å². The number of hydrogen-bond acceptors (Lipinski definition) is 6. The molecule has 0 atom stereocenters. The van der Waals surface area contributed by atoms with Gasteiger partial charge < -0.3 is 15.1 Å². The van der Waals surface area contributed by atoms with Crippen molar-refractivity contribution in [2.24, 2.45) is 0 Å². The number of hydrogen-bond donors (Lipinski definition) is 2. The number of aromatic nitrogens is 4. The van der Waals surface area contributed by atoms with Gasteiger partial charge >= 0.3 is 0 Å². The van der Waals surface area contributed by atoms with Crippen LogP contribution in [-0.4, -0.2) is 70.2 Å². The highest BCUT2D eigenvalue weighted by molar-refractivity contribution is 5.84. The summed E-state index contributed by atoms with van der Waals surface area (Å²) in [4.78, 5) is 13.5. The third-order valence-electron chi connectivity index (χ3n) is 4.96. The van der Waals surface area contributed by atoms with Crippen LogP contribution < -0.4 is 5.32 Å². The fraction of sp³-hybridized carbons (Fsp3) is 0.381. The summed E-state index contributed by atoms with van der Waals surface area (Å²) >= 11 is 0. The number of aromatic amines is 1. The van der Waals surface area contributed by atoms with Gasteiger partial charge in [0.25, 0.3) is 0 Å². The van der Waals surface area contributed by atoms with Crippen molar-refractivity contribution in [1.82, 2.24) is 30.0 Å². The Balaban J connectivity index is 0.000000211. The minimum absolute atomic E-state index is 0.693. The SMILES string of the molecule is C=CN1CCN(C)CC1.CCc1ccc(-c2cnc3[nH]nc(NC)c3n2)cc1. The van der Waals surface area contributed by atoms with E-state index in [1.807, 2.05) is 13.2 Å². The number of nitrogens with one attached hydrogen (secondary N) is 2. The molecule has 28 heavy (non-hydrogen) atoms.